The van der Waals surface area contributed by atoms with Crippen molar-refractivity contribution in [1.29, 1.82) is 0 Å². The van der Waals surface area contributed by atoms with Crippen molar-refractivity contribution in [2.75, 3.05) is 6.54 Å². The highest BCUT2D eigenvalue weighted by Crippen LogP contribution is 2.37. The minimum Gasteiger partial charge on any atom is -0.330 e. The minimum atomic E-state index is 0.0608. The molecular formula is C25H26N2O. The van der Waals surface area contributed by atoms with Gasteiger partial charge in [-0.05, 0) is 41.5 Å². The lowest BCUT2D eigenvalue weighted by Gasteiger charge is -2.32. The Kier molecular flexibility index (Phi) is 5.54. The van der Waals surface area contributed by atoms with Crippen molar-refractivity contribution in [2.45, 2.75) is 25.4 Å². The summed E-state index contributed by atoms with van der Waals surface area (Å²) in [4.78, 5) is 15.7. The van der Waals surface area contributed by atoms with E-state index >= 15 is 0 Å². The summed E-state index contributed by atoms with van der Waals surface area (Å²) in [5.41, 5.74) is 10.0. The Balaban J connectivity index is 1.72. The maximum atomic E-state index is 13.7. The fourth-order valence-corrected chi connectivity index (χ4v) is 3.87. The van der Waals surface area contributed by atoms with E-state index in [0.717, 1.165) is 35.1 Å². The molecule has 1 atom stereocenters. The molecule has 0 radical (unpaired) electrons. The Bertz CT molecular complexity index is 920. The van der Waals surface area contributed by atoms with E-state index in [4.69, 9.17) is 5.73 Å². The minimum absolute atomic E-state index is 0.0608. The quantitative estimate of drug-likeness (QED) is 0.653. The molecule has 3 heteroatoms. The van der Waals surface area contributed by atoms with Crippen LogP contribution in [0.1, 0.15) is 28.8 Å². The van der Waals surface area contributed by atoms with Crippen molar-refractivity contribution >= 4 is 5.91 Å². The second-order valence-electron chi connectivity index (χ2n) is 7.47. The van der Waals surface area contributed by atoms with E-state index in [0.29, 0.717) is 19.0 Å². The molecule has 1 unspecified atom stereocenters. The first kappa shape index (κ1) is 18.5. The van der Waals surface area contributed by atoms with Crippen LogP contribution in [0.5, 0.6) is 0 Å². The number of nitrogens with two attached hydrogens (primary N) is 1. The molecule has 2 N–H and O–H groups in total. The first-order valence-electron chi connectivity index (χ1n) is 9.97. The predicted molar refractivity (Wildman–Crippen MR) is 114 cm³/mol. The average molecular weight is 370 g/mol. The first-order chi connectivity index (χ1) is 13.8. The van der Waals surface area contributed by atoms with Crippen molar-refractivity contribution in [3.05, 3.63) is 96.1 Å². The van der Waals surface area contributed by atoms with Gasteiger partial charge < -0.3 is 10.6 Å². The van der Waals surface area contributed by atoms with Crippen LogP contribution in [0.4, 0.5) is 0 Å². The zero-order valence-corrected chi connectivity index (χ0v) is 16.0. The third-order valence-corrected chi connectivity index (χ3v) is 5.51. The van der Waals surface area contributed by atoms with Gasteiger partial charge in [0.25, 0.3) is 5.91 Å². The SMILES string of the molecule is NCC(C1CC1)N(Cc1ccccc1)C(=O)c1ccccc1-c1ccccc1. The van der Waals surface area contributed by atoms with E-state index in [1.807, 2.05) is 65.6 Å². The maximum absolute atomic E-state index is 13.7. The summed E-state index contributed by atoms with van der Waals surface area (Å²) >= 11 is 0. The summed E-state index contributed by atoms with van der Waals surface area (Å²) in [7, 11) is 0. The predicted octanol–water partition coefficient (Wildman–Crippen LogP) is 4.73. The molecule has 28 heavy (non-hydrogen) atoms. The molecule has 1 aliphatic rings. The van der Waals surface area contributed by atoms with Crippen LogP contribution in [0.15, 0.2) is 84.9 Å². The van der Waals surface area contributed by atoms with Gasteiger partial charge in [0.15, 0.2) is 0 Å². The zero-order chi connectivity index (χ0) is 19.3. The lowest BCUT2D eigenvalue weighted by Crippen LogP contribution is -2.45. The van der Waals surface area contributed by atoms with Crippen LogP contribution in [0.25, 0.3) is 11.1 Å². The van der Waals surface area contributed by atoms with Gasteiger partial charge in [-0.3, -0.25) is 4.79 Å². The molecule has 4 rings (SSSR count). The van der Waals surface area contributed by atoms with E-state index in [2.05, 4.69) is 24.3 Å². The number of rotatable bonds is 7. The number of amides is 1. The molecule has 3 nitrogen and oxygen atoms in total. The Morgan fingerprint density at radius 3 is 2.14 bits per heavy atom. The number of hydrogen-bond acceptors (Lipinski definition) is 2. The molecule has 1 fully saturated rings. The smallest absolute Gasteiger partial charge is 0.255 e. The van der Waals surface area contributed by atoms with Crippen molar-refractivity contribution in [3.8, 4) is 11.1 Å². The molecule has 0 bridgehead atoms. The fourth-order valence-electron chi connectivity index (χ4n) is 3.87. The van der Waals surface area contributed by atoms with Crippen LogP contribution in [-0.4, -0.2) is 23.4 Å². The number of carbonyl (C=O) groups excluding carboxylic acids is 1. The van der Waals surface area contributed by atoms with E-state index in [1.54, 1.807) is 0 Å². The van der Waals surface area contributed by atoms with E-state index in [1.165, 1.54) is 0 Å². The van der Waals surface area contributed by atoms with E-state index in [9.17, 15) is 4.79 Å². The van der Waals surface area contributed by atoms with Gasteiger partial charge in [0.2, 0.25) is 0 Å². The number of benzene rings is 3. The van der Waals surface area contributed by atoms with Gasteiger partial charge in [-0.1, -0.05) is 78.9 Å². The van der Waals surface area contributed by atoms with E-state index in [-0.39, 0.29) is 11.9 Å². The van der Waals surface area contributed by atoms with Gasteiger partial charge in [-0.15, -0.1) is 0 Å². The second kappa shape index (κ2) is 8.41. The highest BCUT2D eigenvalue weighted by molar-refractivity contribution is 6.01. The topological polar surface area (TPSA) is 46.3 Å². The Morgan fingerprint density at radius 2 is 1.50 bits per heavy atom. The summed E-state index contributed by atoms with van der Waals surface area (Å²) in [5, 5.41) is 0. The molecule has 0 aromatic heterocycles. The largest absolute Gasteiger partial charge is 0.330 e. The van der Waals surface area contributed by atoms with Crippen LogP contribution in [0.2, 0.25) is 0 Å². The number of hydrogen-bond donors (Lipinski definition) is 1. The molecule has 0 saturated heterocycles. The third kappa shape index (κ3) is 4.00. The van der Waals surface area contributed by atoms with Crippen LogP contribution in [0, 0.1) is 5.92 Å². The first-order valence-corrected chi connectivity index (χ1v) is 9.97. The van der Waals surface area contributed by atoms with Crippen LogP contribution >= 0.6 is 0 Å². The monoisotopic (exact) mass is 370 g/mol. The molecule has 1 amide bonds. The molecule has 3 aromatic carbocycles. The van der Waals surface area contributed by atoms with Gasteiger partial charge in [0.1, 0.15) is 0 Å². The highest BCUT2D eigenvalue weighted by Gasteiger charge is 2.37. The Morgan fingerprint density at radius 1 is 0.893 bits per heavy atom. The molecule has 142 valence electrons. The molecule has 0 heterocycles. The van der Waals surface area contributed by atoms with E-state index < -0.39 is 0 Å². The van der Waals surface area contributed by atoms with Crippen molar-refractivity contribution in [3.63, 3.8) is 0 Å². The summed E-state index contributed by atoms with van der Waals surface area (Å²) in [6.45, 7) is 1.08. The van der Waals surface area contributed by atoms with Crippen molar-refractivity contribution < 1.29 is 4.79 Å². The fraction of sp³-hybridized carbons (Fsp3) is 0.240. The normalized spacial score (nSPS) is 14.5. The molecular weight excluding hydrogens is 344 g/mol. The van der Waals surface area contributed by atoms with Gasteiger partial charge in [0, 0.05) is 24.7 Å². The van der Waals surface area contributed by atoms with Crippen LogP contribution < -0.4 is 5.73 Å². The van der Waals surface area contributed by atoms with Crippen LogP contribution in [0.3, 0.4) is 0 Å². The number of carbonyl (C=O) groups is 1. The van der Waals surface area contributed by atoms with Crippen LogP contribution in [-0.2, 0) is 6.54 Å². The van der Waals surface area contributed by atoms with Crippen molar-refractivity contribution in [1.82, 2.24) is 4.90 Å². The van der Waals surface area contributed by atoms with Gasteiger partial charge in [0.05, 0.1) is 0 Å². The Hall–Kier alpha value is -2.91. The summed E-state index contributed by atoms with van der Waals surface area (Å²) < 4.78 is 0. The summed E-state index contributed by atoms with van der Waals surface area (Å²) in [5.74, 6) is 0.576. The lowest BCUT2D eigenvalue weighted by atomic mass is 9.97. The average Bonchev–Trinajstić information content (AvgIpc) is 3.60. The molecule has 1 aliphatic carbocycles. The maximum Gasteiger partial charge on any atom is 0.255 e. The Labute approximate surface area is 166 Å². The molecule has 0 aliphatic heterocycles. The highest BCUT2D eigenvalue weighted by atomic mass is 16.2. The third-order valence-electron chi connectivity index (χ3n) is 5.51. The zero-order valence-electron chi connectivity index (χ0n) is 16.0. The standard InChI is InChI=1S/C25H26N2O/c26-17-24(21-15-16-21)27(18-19-9-3-1-4-10-19)25(28)23-14-8-7-13-22(23)20-11-5-2-6-12-20/h1-14,21,24H,15-18,26H2. The summed E-state index contributed by atoms with van der Waals surface area (Å²) in [6.07, 6.45) is 2.31. The molecule has 1 saturated carbocycles. The van der Waals surface area contributed by atoms with Crippen molar-refractivity contribution in [2.24, 2.45) is 11.7 Å². The molecule has 3 aromatic rings. The van der Waals surface area contributed by atoms with Gasteiger partial charge in [-0.2, -0.15) is 0 Å². The second-order valence-corrected chi connectivity index (χ2v) is 7.47. The number of nitrogens with zero attached hydrogens (tertiary/aromatic N) is 1. The van der Waals surface area contributed by atoms with Gasteiger partial charge in [-0.25, -0.2) is 0 Å². The molecule has 0 spiro atoms. The van der Waals surface area contributed by atoms with Gasteiger partial charge >= 0.3 is 0 Å². The lowest BCUT2D eigenvalue weighted by molar-refractivity contribution is 0.0644. The summed E-state index contributed by atoms with van der Waals surface area (Å²) in [6, 6.07) is 28.3.